The number of carbonyl (C=O) groups is 3. The number of furan rings is 1. The summed E-state index contributed by atoms with van der Waals surface area (Å²) < 4.78 is 10.4. The first-order valence-corrected chi connectivity index (χ1v) is 11.6. The maximum atomic E-state index is 13.1. The molecule has 4 rings (SSSR count). The van der Waals surface area contributed by atoms with Crippen molar-refractivity contribution in [2.24, 2.45) is 5.92 Å². The summed E-state index contributed by atoms with van der Waals surface area (Å²) in [7, 11) is 1.59. The van der Waals surface area contributed by atoms with Crippen molar-refractivity contribution in [1.82, 2.24) is 15.5 Å². The van der Waals surface area contributed by atoms with Crippen molar-refractivity contribution in [3.05, 3.63) is 54.0 Å². The molecule has 1 aliphatic carbocycles. The molecule has 33 heavy (non-hydrogen) atoms. The number of likely N-dealkylation sites (tertiary alicyclic amines) is 1. The van der Waals surface area contributed by atoms with E-state index in [0.717, 1.165) is 38.5 Å². The van der Waals surface area contributed by atoms with Gasteiger partial charge in [0.1, 0.15) is 5.75 Å². The van der Waals surface area contributed by atoms with E-state index in [1.54, 1.807) is 48.4 Å². The fourth-order valence-electron chi connectivity index (χ4n) is 4.70. The van der Waals surface area contributed by atoms with Gasteiger partial charge in [-0.1, -0.05) is 12.8 Å². The number of hydrogen-bond acceptors (Lipinski definition) is 5. The minimum atomic E-state index is -0.266. The third kappa shape index (κ3) is 5.56. The third-order valence-corrected chi connectivity index (χ3v) is 6.57. The van der Waals surface area contributed by atoms with Gasteiger partial charge in [0, 0.05) is 30.7 Å². The smallest absolute Gasteiger partial charge is 0.289 e. The predicted octanol–water partition coefficient (Wildman–Crippen LogP) is 3.00. The van der Waals surface area contributed by atoms with Crippen molar-refractivity contribution in [2.75, 3.05) is 20.2 Å². The number of rotatable bonds is 6. The van der Waals surface area contributed by atoms with E-state index in [-0.39, 0.29) is 35.7 Å². The van der Waals surface area contributed by atoms with E-state index in [9.17, 15) is 14.4 Å². The van der Waals surface area contributed by atoms with Crippen molar-refractivity contribution in [2.45, 2.75) is 50.6 Å². The number of nitrogens with one attached hydrogen (secondary N) is 2. The van der Waals surface area contributed by atoms with Crippen LogP contribution in [0.25, 0.3) is 0 Å². The van der Waals surface area contributed by atoms with E-state index in [4.69, 9.17) is 9.15 Å². The zero-order valence-electron chi connectivity index (χ0n) is 18.9. The van der Waals surface area contributed by atoms with Crippen LogP contribution in [-0.2, 0) is 4.79 Å². The molecule has 3 amide bonds. The second-order valence-electron chi connectivity index (χ2n) is 8.78. The van der Waals surface area contributed by atoms with E-state index in [1.165, 1.54) is 6.26 Å². The Kier molecular flexibility index (Phi) is 7.32. The second kappa shape index (κ2) is 10.6. The molecule has 3 atom stereocenters. The number of carbonyl (C=O) groups excluding carboxylic acids is 3. The molecule has 1 saturated heterocycles. The van der Waals surface area contributed by atoms with Crippen LogP contribution < -0.4 is 15.4 Å². The molecule has 8 heteroatoms. The maximum absolute atomic E-state index is 13.1. The van der Waals surface area contributed by atoms with Gasteiger partial charge in [-0.3, -0.25) is 14.4 Å². The molecule has 2 heterocycles. The van der Waals surface area contributed by atoms with E-state index >= 15 is 0 Å². The normalized spacial score (nSPS) is 22.9. The Hall–Kier alpha value is -3.29. The van der Waals surface area contributed by atoms with Crippen LogP contribution in [0.15, 0.2) is 47.1 Å². The highest BCUT2D eigenvalue weighted by atomic mass is 16.5. The number of amides is 3. The first kappa shape index (κ1) is 22.9. The first-order valence-electron chi connectivity index (χ1n) is 11.6. The number of piperidine rings is 1. The first-order chi connectivity index (χ1) is 16.0. The van der Waals surface area contributed by atoms with Crippen LogP contribution in [0.5, 0.6) is 5.75 Å². The van der Waals surface area contributed by atoms with Gasteiger partial charge in [-0.05, 0) is 62.1 Å². The van der Waals surface area contributed by atoms with Gasteiger partial charge in [-0.25, -0.2) is 0 Å². The molecule has 0 radical (unpaired) electrons. The minimum Gasteiger partial charge on any atom is -0.497 e. The van der Waals surface area contributed by atoms with Crippen molar-refractivity contribution in [1.29, 1.82) is 0 Å². The second-order valence-corrected chi connectivity index (χ2v) is 8.78. The summed E-state index contributed by atoms with van der Waals surface area (Å²) in [5, 5.41) is 6.28. The molecule has 1 aromatic carbocycles. The summed E-state index contributed by atoms with van der Waals surface area (Å²) in [5.74, 6) is 0.336. The van der Waals surface area contributed by atoms with E-state index in [2.05, 4.69) is 10.6 Å². The molecular weight excluding hydrogens is 422 g/mol. The van der Waals surface area contributed by atoms with E-state index in [1.807, 2.05) is 0 Å². The van der Waals surface area contributed by atoms with Gasteiger partial charge in [0.05, 0.1) is 19.3 Å². The quantitative estimate of drug-likeness (QED) is 0.700. The van der Waals surface area contributed by atoms with Gasteiger partial charge in [-0.15, -0.1) is 0 Å². The molecule has 1 aromatic heterocycles. The van der Waals surface area contributed by atoms with Crippen molar-refractivity contribution < 1.29 is 23.5 Å². The summed E-state index contributed by atoms with van der Waals surface area (Å²) >= 11 is 0. The average Bonchev–Trinajstić information content (AvgIpc) is 3.40. The number of ether oxygens (including phenoxy) is 1. The Bertz CT molecular complexity index is 957. The standard InChI is InChI=1S/C25H31N3O5/c1-32-19-12-10-17(11-13-19)23(29)26-20-7-2-3-8-21(20)27-24(30)18-6-4-14-28(16-18)25(31)22-9-5-15-33-22/h5,9-13,15,18,20-21H,2-4,6-8,14,16H2,1H3,(H,26,29)(H,27,30)/t18?,20-,21?/m1/s1. The lowest BCUT2D eigenvalue weighted by molar-refractivity contribution is -0.127. The molecule has 1 aliphatic heterocycles. The Morgan fingerprint density at radius 2 is 1.70 bits per heavy atom. The number of benzene rings is 1. The zero-order valence-corrected chi connectivity index (χ0v) is 18.9. The molecule has 2 unspecified atom stereocenters. The number of hydrogen-bond donors (Lipinski definition) is 2. The van der Waals surface area contributed by atoms with E-state index < -0.39 is 0 Å². The minimum absolute atomic E-state index is 0.0532. The Balaban J connectivity index is 1.35. The lowest BCUT2D eigenvalue weighted by Crippen LogP contribution is -2.55. The SMILES string of the molecule is COc1ccc(C(=O)N[C@@H]2CCCCC2NC(=O)C2CCCN(C(=O)c3ccco3)C2)cc1. The van der Waals surface area contributed by atoms with Gasteiger partial charge in [-0.2, -0.15) is 0 Å². The molecule has 1 saturated carbocycles. The Morgan fingerprint density at radius 1 is 0.970 bits per heavy atom. The van der Waals surface area contributed by atoms with Crippen LogP contribution in [0.3, 0.4) is 0 Å². The van der Waals surface area contributed by atoms with Gasteiger partial charge >= 0.3 is 0 Å². The maximum Gasteiger partial charge on any atom is 0.289 e. The topological polar surface area (TPSA) is 101 Å². The summed E-state index contributed by atoms with van der Waals surface area (Å²) in [4.78, 5) is 40.2. The van der Waals surface area contributed by atoms with Crippen LogP contribution >= 0.6 is 0 Å². The fraction of sp³-hybridized carbons (Fsp3) is 0.480. The molecule has 0 bridgehead atoms. The van der Waals surface area contributed by atoms with Crippen LogP contribution in [0, 0.1) is 5.92 Å². The molecular formula is C25H31N3O5. The fourth-order valence-corrected chi connectivity index (χ4v) is 4.70. The lowest BCUT2D eigenvalue weighted by atomic mass is 9.88. The summed E-state index contributed by atoms with van der Waals surface area (Å²) in [6.07, 6.45) is 6.64. The summed E-state index contributed by atoms with van der Waals surface area (Å²) in [5.41, 5.74) is 0.561. The van der Waals surface area contributed by atoms with Crippen LogP contribution in [0.2, 0.25) is 0 Å². The average molecular weight is 454 g/mol. The molecule has 2 fully saturated rings. The van der Waals surface area contributed by atoms with Crippen molar-refractivity contribution in [3.63, 3.8) is 0 Å². The van der Waals surface area contributed by atoms with Gasteiger partial charge in [0.2, 0.25) is 5.91 Å². The Morgan fingerprint density at radius 3 is 2.36 bits per heavy atom. The Labute approximate surface area is 193 Å². The van der Waals surface area contributed by atoms with Crippen LogP contribution in [-0.4, -0.2) is 54.9 Å². The zero-order chi connectivity index (χ0) is 23.2. The molecule has 2 N–H and O–H groups in total. The van der Waals surface area contributed by atoms with Gasteiger partial charge in [0.25, 0.3) is 11.8 Å². The summed E-state index contributed by atoms with van der Waals surface area (Å²) in [6.45, 7) is 0.994. The van der Waals surface area contributed by atoms with Gasteiger partial charge in [0.15, 0.2) is 5.76 Å². The van der Waals surface area contributed by atoms with Crippen molar-refractivity contribution >= 4 is 17.7 Å². The third-order valence-electron chi connectivity index (χ3n) is 6.57. The van der Waals surface area contributed by atoms with Crippen molar-refractivity contribution in [3.8, 4) is 5.75 Å². The number of methoxy groups -OCH3 is 1. The van der Waals surface area contributed by atoms with E-state index in [0.29, 0.717) is 30.2 Å². The number of nitrogens with zero attached hydrogens (tertiary/aromatic N) is 1. The monoisotopic (exact) mass is 453 g/mol. The lowest BCUT2D eigenvalue weighted by Gasteiger charge is -2.36. The largest absolute Gasteiger partial charge is 0.497 e. The highest BCUT2D eigenvalue weighted by molar-refractivity contribution is 5.94. The van der Waals surface area contributed by atoms with Crippen LogP contribution in [0.1, 0.15) is 59.4 Å². The highest BCUT2D eigenvalue weighted by Gasteiger charge is 2.33. The van der Waals surface area contributed by atoms with Crippen LogP contribution in [0.4, 0.5) is 0 Å². The molecule has 8 nitrogen and oxygen atoms in total. The summed E-state index contributed by atoms with van der Waals surface area (Å²) in [6, 6.07) is 10.1. The molecule has 2 aliphatic rings. The molecule has 0 spiro atoms. The predicted molar refractivity (Wildman–Crippen MR) is 122 cm³/mol. The van der Waals surface area contributed by atoms with Gasteiger partial charge < -0.3 is 24.7 Å². The molecule has 176 valence electrons. The highest BCUT2D eigenvalue weighted by Crippen LogP contribution is 2.23. The molecule has 2 aromatic rings.